The van der Waals surface area contributed by atoms with Gasteiger partial charge in [0.2, 0.25) is 0 Å². The molecule has 0 N–H and O–H groups in total. The minimum absolute atomic E-state index is 0.860. The maximum Gasteiger partial charge on any atom is 0.133 e. The fraction of sp³-hybridized carbons (Fsp3) is 0.222. The maximum atomic E-state index is 5.30. The first-order valence-corrected chi connectivity index (χ1v) is 7.06. The maximum absolute atomic E-state index is 5.30. The summed E-state index contributed by atoms with van der Waals surface area (Å²) >= 11 is 0. The second kappa shape index (κ2) is 7.39. The summed E-state index contributed by atoms with van der Waals surface area (Å²) in [6.07, 6.45) is 2.78. The molecule has 4 rings (SSSR count). The molecule has 0 unspecified atom stereocenters. The van der Waals surface area contributed by atoms with E-state index in [1.807, 2.05) is 62.4 Å². The molecule has 2 aromatic carbocycles. The highest BCUT2D eigenvalue weighted by Crippen LogP contribution is 2.23. The van der Waals surface area contributed by atoms with Crippen molar-refractivity contribution >= 4 is 11.0 Å². The van der Waals surface area contributed by atoms with Gasteiger partial charge in [0.1, 0.15) is 11.3 Å². The van der Waals surface area contributed by atoms with E-state index in [0.717, 1.165) is 29.7 Å². The van der Waals surface area contributed by atoms with Crippen LogP contribution in [0.3, 0.4) is 0 Å². The molecule has 0 atom stereocenters. The fourth-order valence-electron chi connectivity index (χ4n) is 2.03. The molecule has 2 heterocycles. The Morgan fingerprint density at radius 2 is 1.60 bits per heavy atom. The zero-order valence-electron chi connectivity index (χ0n) is 12.0. The van der Waals surface area contributed by atoms with Crippen LogP contribution in [0.5, 0.6) is 5.75 Å². The summed E-state index contributed by atoms with van der Waals surface area (Å²) in [7, 11) is 0. The van der Waals surface area contributed by atoms with Gasteiger partial charge >= 0.3 is 0 Å². The van der Waals surface area contributed by atoms with Crippen molar-refractivity contribution < 1.29 is 9.15 Å². The Labute approximate surface area is 120 Å². The van der Waals surface area contributed by atoms with Gasteiger partial charge < -0.3 is 9.15 Å². The number of benzene rings is 2. The van der Waals surface area contributed by atoms with E-state index in [4.69, 9.17) is 9.15 Å². The van der Waals surface area contributed by atoms with Crippen LogP contribution in [-0.4, -0.2) is 6.61 Å². The average molecular weight is 268 g/mol. The molecular formula is C18H20O2. The number of ether oxygens (including phenoxy) is 1. The third kappa shape index (κ3) is 3.41. The molecule has 20 heavy (non-hydrogen) atoms. The van der Waals surface area contributed by atoms with Gasteiger partial charge in [0.25, 0.3) is 0 Å². The molecule has 104 valence electrons. The quantitative estimate of drug-likeness (QED) is 0.567. The summed E-state index contributed by atoms with van der Waals surface area (Å²) in [6, 6.07) is 18.1. The van der Waals surface area contributed by atoms with Gasteiger partial charge in [-0.05, 0) is 23.8 Å². The minimum Gasteiger partial charge on any atom is -0.493 e. The van der Waals surface area contributed by atoms with Gasteiger partial charge in [0.15, 0.2) is 0 Å². The number of furan rings is 1. The molecule has 0 amide bonds. The van der Waals surface area contributed by atoms with Crippen LogP contribution in [0.25, 0.3) is 11.0 Å². The molecule has 0 spiro atoms. The standard InChI is InChI=1S/C8H8O.C8H6O.C2H6/c2*1-2-4-8-7(3-1)5-6-9-8;1-2/h1-4H,5-6H2;1-6H;1-2H3. The normalized spacial score (nSPS) is 11.5. The third-order valence-electron chi connectivity index (χ3n) is 2.96. The molecule has 1 aliphatic rings. The lowest BCUT2D eigenvalue weighted by Gasteiger charge is -1.93. The first-order chi connectivity index (χ1) is 9.93. The molecule has 0 saturated heterocycles. The Hall–Kier alpha value is -2.22. The first kappa shape index (κ1) is 14.2. The van der Waals surface area contributed by atoms with E-state index >= 15 is 0 Å². The lowest BCUT2D eigenvalue weighted by atomic mass is 10.2. The Balaban J connectivity index is 0.000000131. The summed E-state index contributed by atoms with van der Waals surface area (Å²) in [4.78, 5) is 0. The van der Waals surface area contributed by atoms with Crippen LogP contribution >= 0.6 is 0 Å². The number of hydrogen-bond donors (Lipinski definition) is 0. The van der Waals surface area contributed by atoms with Crippen molar-refractivity contribution in [2.24, 2.45) is 0 Å². The van der Waals surface area contributed by atoms with E-state index < -0.39 is 0 Å². The van der Waals surface area contributed by atoms with Crippen LogP contribution in [0.15, 0.2) is 65.3 Å². The zero-order valence-corrected chi connectivity index (χ0v) is 12.0. The van der Waals surface area contributed by atoms with E-state index in [0.29, 0.717) is 0 Å². The number of para-hydroxylation sites is 2. The number of hydrogen-bond acceptors (Lipinski definition) is 2. The molecule has 1 aromatic heterocycles. The lowest BCUT2D eigenvalue weighted by Crippen LogP contribution is -1.85. The summed E-state index contributed by atoms with van der Waals surface area (Å²) < 4.78 is 10.4. The monoisotopic (exact) mass is 268 g/mol. The van der Waals surface area contributed by atoms with E-state index in [2.05, 4.69) is 6.07 Å². The van der Waals surface area contributed by atoms with Crippen LogP contribution in [-0.2, 0) is 6.42 Å². The molecular weight excluding hydrogens is 248 g/mol. The van der Waals surface area contributed by atoms with Crippen molar-refractivity contribution in [1.82, 2.24) is 0 Å². The van der Waals surface area contributed by atoms with Crippen LogP contribution in [0.4, 0.5) is 0 Å². The van der Waals surface area contributed by atoms with E-state index in [-0.39, 0.29) is 0 Å². The largest absolute Gasteiger partial charge is 0.493 e. The van der Waals surface area contributed by atoms with Crippen molar-refractivity contribution in [1.29, 1.82) is 0 Å². The Morgan fingerprint density at radius 3 is 2.40 bits per heavy atom. The SMILES string of the molecule is CC.c1ccc2c(c1)CCO2.c1ccc2occc2c1. The Kier molecular flexibility index (Phi) is 5.24. The highest BCUT2D eigenvalue weighted by molar-refractivity contribution is 5.76. The van der Waals surface area contributed by atoms with Crippen molar-refractivity contribution in [2.45, 2.75) is 20.3 Å². The second-order valence-corrected chi connectivity index (χ2v) is 4.16. The molecule has 0 saturated carbocycles. The van der Waals surface area contributed by atoms with Gasteiger partial charge in [-0.2, -0.15) is 0 Å². The lowest BCUT2D eigenvalue weighted by molar-refractivity contribution is 0.357. The van der Waals surface area contributed by atoms with E-state index in [1.54, 1.807) is 6.26 Å². The minimum atomic E-state index is 0.860. The van der Waals surface area contributed by atoms with Crippen LogP contribution in [0.1, 0.15) is 19.4 Å². The molecule has 0 fully saturated rings. The summed E-state index contributed by atoms with van der Waals surface area (Å²) in [5.41, 5.74) is 2.30. The molecule has 0 bridgehead atoms. The molecule has 1 aliphatic heterocycles. The predicted octanol–water partition coefficient (Wildman–Crippen LogP) is 5.08. The van der Waals surface area contributed by atoms with Gasteiger partial charge in [-0.1, -0.05) is 50.2 Å². The van der Waals surface area contributed by atoms with E-state index in [9.17, 15) is 0 Å². The van der Waals surface area contributed by atoms with Gasteiger partial charge in [-0.25, -0.2) is 0 Å². The first-order valence-electron chi connectivity index (χ1n) is 7.06. The third-order valence-corrected chi connectivity index (χ3v) is 2.96. The molecule has 0 radical (unpaired) electrons. The van der Waals surface area contributed by atoms with Gasteiger partial charge in [-0.3, -0.25) is 0 Å². The molecule has 2 nitrogen and oxygen atoms in total. The molecule has 0 aliphatic carbocycles. The summed E-state index contributed by atoms with van der Waals surface area (Å²) in [6.45, 7) is 4.86. The van der Waals surface area contributed by atoms with Crippen molar-refractivity contribution in [3.8, 4) is 5.75 Å². The van der Waals surface area contributed by atoms with E-state index in [1.165, 1.54) is 5.56 Å². The number of fused-ring (bicyclic) bond motifs is 2. The smallest absolute Gasteiger partial charge is 0.133 e. The van der Waals surface area contributed by atoms with Gasteiger partial charge in [0.05, 0.1) is 12.9 Å². The molecule has 3 aromatic rings. The van der Waals surface area contributed by atoms with Crippen LogP contribution in [0, 0.1) is 0 Å². The highest BCUT2D eigenvalue weighted by atomic mass is 16.5. The van der Waals surface area contributed by atoms with Crippen molar-refractivity contribution in [3.05, 3.63) is 66.4 Å². The van der Waals surface area contributed by atoms with Crippen molar-refractivity contribution in [3.63, 3.8) is 0 Å². The predicted molar refractivity (Wildman–Crippen MR) is 83.2 cm³/mol. The summed E-state index contributed by atoms with van der Waals surface area (Å²) in [5.74, 6) is 1.07. The number of rotatable bonds is 0. The second-order valence-electron chi connectivity index (χ2n) is 4.16. The van der Waals surface area contributed by atoms with Crippen LogP contribution < -0.4 is 4.74 Å². The summed E-state index contributed by atoms with van der Waals surface area (Å²) in [5, 5.41) is 1.16. The average Bonchev–Trinajstić information content (AvgIpc) is 3.18. The topological polar surface area (TPSA) is 22.4 Å². The molecule has 2 heteroatoms. The van der Waals surface area contributed by atoms with Crippen LogP contribution in [0.2, 0.25) is 0 Å². The zero-order chi connectivity index (χ0) is 14.2. The Bertz CT molecular complexity index is 587. The van der Waals surface area contributed by atoms with Gasteiger partial charge in [-0.15, -0.1) is 0 Å². The van der Waals surface area contributed by atoms with Crippen molar-refractivity contribution in [2.75, 3.05) is 6.61 Å². The van der Waals surface area contributed by atoms with Gasteiger partial charge in [0, 0.05) is 11.8 Å². The fourth-order valence-corrected chi connectivity index (χ4v) is 2.03. The highest BCUT2D eigenvalue weighted by Gasteiger charge is 2.08. The Morgan fingerprint density at radius 1 is 0.850 bits per heavy atom.